The molecule has 0 saturated carbocycles. The molecule has 0 radical (unpaired) electrons. The van der Waals surface area contributed by atoms with Gasteiger partial charge in [-0.05, 0) is 6.92 Å². The Labute approximate surface area is 63.9 Å². The summed E-state index contributed by atoms with van der Waals surface area (Å²) in [4.78, 5) is 21.1. The van der Waals surface area contributed by atoms with Crippen LogP contribution in [0.1, 0.15) is 13.3 Å². The molecular formula is C6H10N2O3. The maximum atomic E-state index is 10.9. The van der Waals surface area contributed by atoms with Gasteiger partial charge in [-0.2, -0.15) is 0 Å². The van der Waals surface area contributed by atoms with Crippen molar-refractivity contribution >= 4 is 12.0 Å². The van der Waals surface area contributed by atoms with E-state index < -0.39 is 12.2 Å². The van der Waals surface area contributed by atoms with Crippen LogP contribution in [0.2, 0.25) is 0 Å². The van der Waals surface area contributed by atoms with Crippen LogP contribution in [0.15, 0.2) is 0 Å². The van der Waals surface area contributed by atoms with E-state index in [1.807, 2.05) is 6.92 Å². The summed E-state index contributed by atoms with van der Waals surface area (Å²) in [5, 5.41) is 2.60. The fourth-order valence-electron chi connectivity index (χ4n) is 1.06. The molecule has 1 aliphatic heterocycles. The Morgan fingerprint density at radius 1 is 1.82 bits per heavy atom. The standard InChI is InChI=1S/C6H10N2O3/c1-3-2-4(5(9)8-3)11-6(7)10/h3-4H,2H2,1H3,(H2,7,10)(H,8,9)/t3-,4-/m0/s1. The molecule has 1 fully saturated rings. The Morgan fingerprint density at radius 3 is 2.82 bits per heavy atom. The number of carbonyl (C=O) groups excluding carboxylic acids is 2. The average molecular weight is 158 g/mol. The number of primary amides is 1. The fraction of sp³-hybridized carbons (Fsp3) is 0.667. The lowest BCUT2D eigenvalue weighted by Gasteiger charge is -2.04. The molecule has 0 aromatic rings. The van der Waals surface area contributed by atoms with Gasteiger partial charge in [0.15, 0.2) is 6.10 Å². The van der Waals surface area contributed by atoms with Gasteiger partial charge >= 0.3 is 6.09 Å². The van der Waals surface area contributed by atoms with E-state index in [0.717, 1.165) is 0 Å². The summed E-state index contributed by atoms with van der Waals surface area (Å²) >= 11 is 0. The number of rotatable bonds is 1. The van der Waals surface area contributed by atoms with Crippen LogP contribution in [-0.2, 0) is 9.53 Å². The molecule has 5 nitrogen and oxygen atoms in total. The first kappa shape index (κ1) is 7.84. The van der Waals surface area contributed by atoms with E-state index >= 15 is 0 Å². The minimum Gasteiger partial charge on any atom is -0.436 e. The maximum absolute atomic E-state index is 10.9. The number of hydrogen-bond donors (Lipinski definition) is 2. The van der Waals surface area contributed by atoms with E-state index in [2.05, 4.69) is 10.1 Å². The quantitative estimate of drug-likeness (QED) is 0.532. The van der Waals surface area contributed by atoms with Crippen molar-refractivity contribution in [3.63, 3.8) is 0 Å². The Kier molecular flexibility index (Phi) is 1.98. The van der Waals surface area contributed by atoms with Crippen LogP contribution < -0.4 is 11.1 Å². The van der Waals surface area contributed by atoms with Crippen molar-refractivity contribution in [2.75, 3.05) is 0 Å². The lowest BCUT2D eigenvalue weighted by atomic mass is 10.2. The first-order valence-electron chi connectivity index (χ1n) is 3.36. The summed E-state index contributed by atoms with van der Waals surface area (Å²) < 4.78 is 4.52. The van der Waals surface area contributed by atoms with Crippen molar-refractivity contribution in [1.29, 1.82) is 0 Å². The molecule has 0 aliphatic carbocycles. The molecule has 2 atom stereocenters. The minimum atomic E-state index is -0.903. The monoisotopic (exact) mass is 158 g/mol. The van der Waals surface area contributed by atoms with E-state index in [1.165, 1.54) is 0 Å². The Morgan fingerprint density at radius 2 is 2.45 bits per heavy atom. The van der Waals surface area contributed by atoms with Gasteiger partial charge in [-0.3, -0.25) is 4.79 Å². The number of amides is 2. The van der Waals surface area contributed by atoms with Crippen LogP contribution in [0.25, 0.3) is 0 Å². The van der Waals surface area contributed by atoms with Crippen molar-refractivity contribution in [2.45, 2.75) is 25.5 Å². The molecule has 11 heavy (non-hydrogen) atoms. The number of carbonyl (C=O) groups is 2. The largest absolute Gasteiger partial charge is 0.436 e. The van der Waals surface area contributed by atoms with Gasteiger partial charge in [0.1, 0.15) is 0 Å². The minimum absolute atomic E-state index is 0.0619. The van der Waals surface area contributed by atoms with Gasteiger partial charge in [0, 0.05) is 12.5 Å². The van der Waals surface area contributed by atoms with E-state index in [1.54, 1.807) is 0 Å². The van der Waals surface area contributed by atoms with Crippen LogP contribution in [0.3, 0.4) is 0 Å². The summed E-state index contributed by atoms with van der Waals surface area (Å²) in [6.07, 6.45) is -1.09. The molecule has 2 amide bonds. The second-order valence-electron chi connectivity index (χ2n) is 2.57. The predicted molar refractivity (Wildman–Crippen MR) is 36.7 cm³/mol. The third-order valence-electron chi connectivity index (χ3n) is 1.51. The first-order valence-corrected chi connectivity index (χ1v) is 3.36. The van der Waals surface area contributed by atoms with E-state index in [4.69, 9.17) is 5.73 Å². The number of nitrogens with two attached hydrogens (primary N) is 1. The zero-order valence-corrected chi connectivity index (χ0v) is 6.16. The summed E-state index contributed by atoms with van der Waals surface area (Å²) in [7, 11) is 0. The fourth-order valence-corrected chi connectivity index (χ4v) is 1.06. The molecule has 0 unspecified atom stereocenters. The molecule has 62 valence electrons. The molecule has 0 bridgehead atoms. The van der Waals surface area contributed by atoms with Gasteiger partial charge in [-0.25, -0.2) is 4.79 Å². The van der Waals surface area contributed by atoms with Gasteiger partial charge in [-0.15, -0.1) is 0 Å². The molecular weight excluding hydrogens is 148 g/mol. The third kappa shape index (κ3) is 1.83. The number of nitrogens with one attached hydrogen (secondary N) is 1. The molecule has 1 aliphatic rings. The van der Waals surface area contributed by atoms with Gasteiger partial charge in [0.2, 0.25) is 0 Å². The SMILES string of the molecule is C[C@H]1C[C@H](OC(N)=O)C(=O)N1. The smallest absolute Gasteiger partial charge is 0.405 e. The molecule has 0 spiro atoms. The summed E-state index contributed by atoms with van der Waals surface area (Å²) in [5.74, 6) is -0.267. The van der Waals surface area contributed by atoms with Crippen molar-refractivity contribution in [1.82, 2.24) is 5.32 Å². The summed E-state index contributed by atoms with van der Waals surface area (Å²) in [6, 6.07) is 0.0619. The van der Waals surface area contributed by atoms with Gasteiger partial charge in [0.25, 0.3) is 5.91 Å². The second-order valence-corrected chi connectivity index (χ2v) is 2.57. The Bertz CT molecular complexity index is 192. The lowest BCUT2D eigenvalue weighted by molar-refractivity contribution is -0.126. The van der Waals surface area contributed by atoms with Crippen molar-refractivity contribution in [3.05, 3.63) is 0 Å². The van der Waals surface area contributed by atoms with E-state index in [9.17, 15) is 9.59 Å². The van der Waals surface area contributed by atoms with Crippen LogP contribution in [0.4, 0.5) is 4.79 Å². The van der Waals surface area contributed by atoms with Crippen molar-refractivity contribution < 1.29 is 14.3 Å². The van der Waals surface area contributed by atoms with Crippen LogP contribution in [0, 0.1) is 0 Å². The summed E-state index contributed by atoms with van der Waals surface area (Å²) in [5.41, 5.74) is 4.74. The highest BCUT2D eigenvalue weighted by Crippen LogP contribution is 2.10. The molecule has 3 N–H and O–H groups in total. The van der Waals surface area contributed by atoms with Crippen LogP contribution in [-0.4, -0.2) is 24.1 Å². The highest BCUT2D eigenvalue weighted by molar-refractivity contribution is 5.85. The van der Waals surface area contributed by atoms with E-state index in [0.29, 0.717) is 6.42 Å². The Balaban J connectivity index is 2.47. The van der Waals surface area contributed by atoms with Crippen molar-refractivity contribution in [3.8, 4) is 0 Å². The highest BCUT2D eigenvalue weighted by Gasteiger charge is 2.31. The molecule has 1 heterocycles. The number of ether oxygens (including phenoxy) is 1. The van der Waals surface area contributed by atoms with Crippen LogP contribution >= 0.6 is 0 Å². The second kappa shape index (κ2) is 2.77. The first-order chi connectivity index (χ1) is 5.09. The van der Waals surface area contributed by atoms with Crippen LogP contribution in [0.5, 0.6) is 0 Å². The number of hydrogen-bond acceptors (Lipinski definition) is 3. The van der Waals surface area contributed by atoms with Gasteiger partial charge in [0.05, 0.1) is 0 Å². The highest BCUT2D eigenvalue weighted by atomic mass is 16.6. The zero-order chi connectivity index (χ0) is 8.43. The van der Waals surface area contributed by atoms with E-state index in [-0.39, 0.29) is 11.9 Å². The molecule has 0 aromatic carbocycles. The average Bonchev–Trinajstić information content (AvgIpc) is 2.09. The van der Waals surface area contributed by atoms with Gasteiger partial charge in [-0.1, -0.05) is 0 Å². The molecule has 0 aromatic heterocycles. The predicted octanol–water partition coefficient (Wildman–Crippen LogP) is -0.641. The third-order valence-corrected chi connectivity index (χ3v) is 1.51. The molecule has 5 heteroatoms. The Hall–Kier alpha value is -1.26. The maximum Gasteiger partial charge on any atom is 0.405 e. The normalized spacial score (nSPS) is 29.7. The zero-order valence-electron chi connectivity index (χ0n) is 6.16. The van der Waals surface area contributed by atoms with Gasteiger partial charge < -0.3 is 15.8 Å². The lowest BCUT2D eigenvalue weighted by Crippen LogP contribution is -2.30. The topological polar surface area (TPSA) is 81.4 Å². The summed E-state index contributed by atoms with van der Waals surface area (Å²) in [6.45, 7) is 1.84. The molecule has 1 rings (SSSR count). The van der Waals surface area contributed by atoms with Crippen molar-refractivity contribution in [2.24, 2.45) is 5.73 Å². The molecule has 1 saturated heterocycles.